The molecule has 2 aliphatic rings. The number of rotatable bonds is 5. The van der Waals surface area contributed by atoms with Crippen LogP contribution < -0.4 is 16.4 Å². The van der Waals surface area contributed by atoms with Crippen LogP contribution in [0, 0.1) is 0 Å². The number of nitrogens with one attached hydrogen (secondary N) is 2. The lowest BCUT2D eigenvalue weighted by Crippen LogP contribution is -2.52. The van der Waals surface area contributed by atoms with E-state index in [0.717, 1.165) is 12.4 Å². The van der Waals surface area contributed by atoms with Crippen molar-refractivity contribution in [3.63, 3.8) is 0 Å². The average Bonchev–Trinajstić information content (AvgIpc) is 3.08. The van der Waals surface area contributed by atoms with Crippen LogP contribution >= 0.6 is 0 Å². The summed E-state index contributed by atoms with van der Waals surface area (Å²) in [4.78, 5) is 56.5. The van der Waals surface area contributed by atoms with Gasteiger partial charge in [-0.3, -0.25) is 24.5 Å². The van der Waals surface area contributed by atoms with Gasteiger partial charge >= 0.3 is 5.92 Å². The Morgan fingerprint density at radius 1 is 1.25 bits per heavy atom. The molecule has 4 N–H and O–H groups in total. The third-order valence-electron chi connectivity index (χ3n) is 5.36. The van der Waals surface area contributed by atoms with E-state index >= 15 is 0 Å². The van der Waals surface area contributed by atoms with Crippen LogP contribution in [0.5, 0.6) is 0 Å². The Kier molecular flexibility index (Phi) is 5.28. The van der Waals surface area contributed by atoms with Crippen molar-refractivity contribution >= 4 is 29.6 Å². The van der Waals surface area contributed by atoms with Crippen molar-refractivity contribution in [1.82, 2.24) is 25.5 Å². The number of hydrogen-bond acceptors (Lipinski definition) is 7. The lowest BCUT2D eigenvalue weighted by atomic mass is 10.0. The summed E-state index contributed by atoms with van der Waals surface area (Å²) in [6.45, 7) is -0.0642. The number of anilines is 1. The summed E-state index contributed by atoms with van der Waals surface area (Å²) in [5, 5.41) is 4.39. The van der Waals surface area contributed by atoms with E-state index in [1.807, 2.05) is 0 Å². The topological polar surface area (TPSA) is 147 Å². The summed E-state index contributed by atoms with van der Waals surface area (Å²) in [7, 11) is 0. The van der Waals surface area contributed by atoms with Crippen LogP contribution in [0.1, 0.15) is 39.9 Å². The van der Waals surface area contributed by atoms with E-state index in [1.54, 1.807) is 6.07 Å². The van der Waals surface area contributed by atoms with Gasteiger partial charge in [0.05, 0.1) is 5.56 Å². The van der Waals surface area contributed by atoms with Crippen LogP contribution in [-0.2, 0) is 33.4 Å². The van der Waals surface area contributed by atoms with Gasteiger partial charge in [-0.05, 0) is 23.6 Å². The summed E-state index contributed by atoms with van der Waals surface area (Å²) in [6, 6.07) is 3.92. The van der Waals surface area contributed by atoms with Crippen molar-refractivity contribution in [2.45, 2.75) is 37.9 Å². The molecule has 1 atom stereocenters. The number of hydrogen-bond donors (Lipinski definition) is 3. The maximum absolute atomic E-state index is 14.3. The highest BCUT2D eigenvalue weighted by Gasteiger charge is 2.42. The average molecular weight is 444 g/mol. The Balaban J connectivity index is 1.43. The van der Waals surface area contributed by atoms with Crippen molar-refractivity contribution in [2.75, 3.05) is 5.73 Å². The zero-order chi connectivity index (χ0) is 23.0. The summed E-state index contributed by atoms with van der Waals surface area (Å²) in [5.41, 5.74) is 6.07. The molecule has 4 rings (SSSR count). The third kappa shape index (κ3) is 3.86. The van der Waals surface area contributed by atoms with Crippen molar-refractivity contribution in [3.05, 3.63) is 52.8 Å². The maximum Gasteiger partial charge on any atom is 0.352 e. The Bertz CT molecular complexity index is 1120. The number of imide groups is 1. The lowest BCUT2D eigenvalue weighted by molar-refractivity contribution is -0.147. The SMILES string of the molecule is Nc1ncc(C(F)(F)C(=O)NCc2ccc3c(c2)CN(C2CCC(=O)NC2=O)C3=O)cn1. The maximum atomic E-state index is 14.3. The fourth-order valence-corrected chi connectivity index (χ4v) is 3.66. The van der Waals surface area contributed by atoms with Crippen molar-refractivity contribution in [3.8, 4) is 0 Å². The number of carbonyl (C=O) groups excluding carboxylic acids is 4. The second kappa shape index (κ2) is 7.94. The van der Waals surface area contributed by atoms with Crippen molar-refractivity contribution < 1.29 is 28.0 Å². The monoisotopic (exact) mass is 444 g/mol. The lowest BCUT2D eigenvalue weighted by Gasteiger charge is -2.29. The summed E-state index contributed by atoms with van der Waals surface area (Å²) < 4.78 is 28.7. The van der Waals surface area contributed by atoms with Crippen molar-refractivity contribution in [2.24, 2.45) is 0 Å². The number of nitrogen functional groups attached to an aromatic ring is 1. The summed E-state index contributed by atoms with van der Waals surface area (Å²) in [5.74, 6) is -6.83. The summed E-state index contributed by atoms with van der Waals surface area (Å²) >= 11 is 0. The van der Waals surface area contributed by atoms with Gasteiger partial charge in [0, 0.05) is 37.5 Å². The molecule has 2 aromatic rings. The first-order valence-electron chi connectivity index (χ1n) is 9.67. The van der Waals surface area contributed by atoms with E-state index in [1.165, 1.54) is 17.0 Å². The van der Waals surface area contributed by atoms with Gasteiger partial charge in [-0.1, -0.05) is 12.1 Å². The van der Waals surface area contributed by atoms with Gasteiger partial charge in [0.2, 0.25) is 17.8 Å². The molecule has 4 amide bonds. The highest BCUT2D eigenvalue weighted by molar-refractivity contribution is 6.05. The van der Waals surface area contributed by atoms with Gasteiger partial charge < -0.3 is 16.0 Å². The van der Waals surface area contributed by atoms with Gasteiger partial charge in [0.1, 0.15) is 6.04 Å². The molecule has 1 aromatic carbocycles. The van der Waals surface area contributed by atoms with Gasteiger partial charge in [0.15, 0.2) is 0 Å². The first-order valence-corrected chi connectivity index (χ1v) is 9.67. The molecule has 0 radical (unpaired) electrons. The fourth-order valence-electron chi connectivity index (χ4n) is 3.66. The van der Waals surface area contributed by atoms with Gasteiger partial charge in [0.25, 0.3) is 11.8 Å². The molecule has 0 bridgehead atoms. The molecule has 0 spiro atoms. The van der Waals surface area contributed by atoms with Gasteiger partial charge in [-0.25, -0.2) is 9.97 Å². The number of carbonyl (C=O) groups is 4. The van der Waals surface area contributed by atoms with E-state index in [0.29, 0.717) is 16.7 Å². The number of halogens is 2. The third-order valence-corrected chi connectivity index (χ3v) is 5.36. The minimum Gasteiger partial charge on any atom is -0.368 e. The van der Waals surface area contributed by atoms with Crippen LogP contribution in [0.2, 0.25) is 0 Å². The number of benzene rings is 1. The number of piperidine rings is 1. The minimum atomic E-state index is -3.86. The molecule has 3 heterocycles. The smallest absolute Gasteiger partial charge is 0.352 e. The molecule has 1 aromatic heterocycles. The highest BCUT2D eigenvalue weighted by atomic mass is 19.3. The summed E-state index contributed by atoms with van der Waals surface area (Å²) in [6.07, 6.45) is 1.94. The molecular weight excluding hydrogens is 426 g/mol. The van der Waals surface area contributed by atoms with Crippen LogP contribution in [0.15, 0.2) is 30.6 Å². The second-order valence-corrected chi connectivity index (χ2v) is 7.48. The number of fused-ring (bicyclic) bond motifs is 1. The molecular formula is C20H18F2N6O4. The molecule has 0 aliphatic carbocycles. The van der Waals surface area contributed by atoms with Crippen LogP contribution in [0.4, 0.5) is 14.7 Å². The van der Waals surface area contributed by atoms with E-state index < -0.39 is 29.3 Å². The van der Waals surface area contributed by atoms with E-state index in [-0.39, 0.29) is 43.7 Å². The molecule has 32 heavy (non-hydrogen) atoms. The molecule has 1 saturated heterocycles. The predicted octanol–water partition coefficient (Wildman–Crippen LogP) is 0.228. The van der Waals surface area contributed by atoms with E-state index in [4.69, 9.17) is 5.73 Å². The predicted molar refractivity (Wildman–Crippen MR) is 105 cm³/mol. The molecule has 1 fully saturated rings. The van der Waals surface area contributed by atoms with Crippen molar-refractivity contribution in [1.29, 1.82) is 0 Å². The minimum absolute atomic E-state index is 0.140. The second-order valence-electron chi connectivity index (χ2n) is 7.48. The van der Waals surface area contributed by atoms with Crippen LogP contribution in [-0.4, -0.2) is 44.5 Å². The normalized spacial score (nSPS) is 18.4. The van der Waals surface area contributed by atoms with Gasteiger partial charge in [-0.2, -0.15) is 8.78 Å². The Labute approximate surface area is 180 Å². The van der Waals surface area contributed by atoms with Gasteiger partial charge in [-0.15, -0.1) is 0 Å². The highest BCUT2D eigenvalue weighted by Crippen LogP contribution is 2.29. The first kappa shape index (κ1) is 21.3. The van der Waals surface area contributed by atoms with E-state index in [9.17, 15) is 28.0 Å². The molecule has 0 saturated carbocycles. The molecule has 1 unspecified atom stereocenters. The zero-order valence-electron chi connectivity index (χ0n) is 16.6. The van der Waals surface area contributed by atoms with E-state index in [2.05, 4.69) is 20.6 Å². The molecule has 10 nitrogen and oxygen atoms in total. The molecule has 2 aliphatic heterocycles. The van der Waals surface area contributed by atoms with Crippen LogP contribution in [0.3, 0.4) is 0 Å². The van der Waals surface area contributed by atoms with Crippen LogP contribution in [0.25, 0.3) is 0 Å². The first-order chi connectivity index (χ1) is 15.2. The fraction of sp³-hybridized carbons (Fsp3) is 0.300. The Morgan fingerprint density at radius 2 is 1.97 bits per heavy atom. The number of nitrogens with zero attached hydrogens (tertiary/aromatic N) is 3. The number of aromatic nitrogens is 2. The molecule has 166 valence electrons. The standard InChI is InChI=1S/C20H18F2N6O4/c21-20(22,12-7-25-19(23)26-8-12)18(32)24-6-10-1-2-13-11(5-10)9-28(17(13)31)14-3-4-15(29)27-16(14)30/h1-2,5,7-8,14H,3-4,6,9H2,(H,24,32)(H2,23,25,26)(H,27,29,30). The zero-order valence-corrected chi connectivity index (χ0v) is 16.6. The Morgan fingerprint density at radius 3 is 2.66 bits per heavy atom. The quantitative estimate of drug-likeness (QED) is 0.559. The Hall–Kier alpha value is -3.96. The molecule has 12 heteroatoms. The number of amides is 4. The largest absolute Gasteiger partial charge is 0.368 e. The number of nitrogens with two attached hydrogens (primary N) is 1. The number of alkyl halides is 2.